The standard InChI is InChI=1S/C11H25N3/c1-9(7-12)14(5)10-6-11(2,3)13(4)8-10/h9-10H,6-8,12H2,1-5H3. The molecule has 0 bridgehead atoms. The van der Waals surface area contributed by atoms with Gasteiger partial charge in [0.25, 0.3) is 0 Å². The van der Waals surface area contributed by atoms with Crippen molar-refractivity contribution >= 4 is 0 Å². The Morgan fingerprint density at radius 3 is 2.50 bits per heavy atom. The van der Waals surface area contributed by atoms with Crippen molar-refractivity contribution in [2.45, 2.75) is 44.8 Å². The van der Waals surface area contributed by atoms with Gasteiger partial charge in [0.15, 0.2) is 0 Å². The molecule has 1 saturated heterocycles. The molecule has 1 aliphatic rings. The maximum atomic E-state index is 5.69. The van der Waals surface area contributed by atoms with Crippen LogP contribution in [-0.2, 0) is 0 Å². The van der Waals surface area contributed by atoms with Crippen molar-refractivity contribution in [2.75, 3.05) is 27.2 Å². The first kappa shape index (κ1) is 12.0. The summed E-state index contributed by atoms with van der Waals surface area (Å²) in [6, 6.07) is 1.15. The lowest BCUT2D eigenvalue weighted by molar-refractivity contribution is 0.189. The Labute approximate surface area is 88.2 Å². The quantitative estimate of drug-likeness (QED) is 0.728. The largest absolute Gasteiger partial charge is 0.329 e. The first-order chi connectivity index (χ1) is 6.38. The van der Waals surface area contributed by atoms with Gasteiger partial charge in [-0.1, -0.05) is 0 Å². The Morgan fingerprint density at radius 2 is 2.14 bits per heavy atom. The number of nitrogens with zero attached hydrogens (tertiary/aromatic N) is 2. The molecule has 3 heteroatoms. The van der Waals surface area contributed by atoms with E-state index in [0.717, 1.165) is 13.1 Å². The molecule has 0 saturated carbocycles. The molecule has 0 amide bonds. The zero-order valence-electron chi connectivity index (χ0n) is 10.2. The third kappa shape index (κ3) is 2.27. The molecule has 3 nitrogen and oxygen atoms in total. The molecule has 14 heavy (non-hydrogen) atoms. The van der Waals surface area contributed by atoms with Crippen LogP contribution in [0.3, 0.4) is 0 Å². The van der Waals surface area contributed by atoms with Gasteiger partial charge in [0, 0.05) is 30.7 Å². The summed E-state index contributed by atoms with van der Waals surface area (Å²) < 4.78 is 0. The third-order valence-corrected chi connectivity index (χ3v) is 3.87. The van der Waals surface area contributed by atoms with Crippen LogP contribution in [0.15, 0.2) is 0 Å². The number of hydrogen-bond donors (Lipinski definition) is 1. The molecule has 1 fully saturated rings. The summed E-state index contributed by atoms with van der Waals surface area (Å²) in [6.07, 6.45) is 1.24. The molecular weight excluding hydrogens is 174 g/mol. The number of hydrogen-bond acceptors (Lipinski definition) is 3. The third-order valence-electron chi connectivity index (χ3n) is 3.87. The molecule has 0 aromatic rings. The van der Waals surface area contributed by atoms with Crippen molar-refractivity contribution in [3.05, 3.63) is 0 Å². The summed E-state index contributed by atoms with van der Waals surface area (Å²) in [5.74, 6) is 0. The lowest BCUT2D eigenvalue weighted by atomic mass is 9.99. The minimum atomic E-state index is 0.341. The summed E-state index contributed by atoms with van der Waals surface area (Å²) in [6.45, 7) is 8.73. The molecule has 2 unspecified atom stereocenters. The fraction of sp³-hybridized carbons (Fsp3) is 1.00. The second-order valence-corrected chi connectivity index (χ2v) is 5.30. The minimum absolute atomic E-state index is 0.341. The SMILES string of the molecule is CC(CN)N(C)C1CN(C)C(C)(C)C1. The summed E-state index contributed by atoms with van der Waals surface area (Å²) in [5, 5.41) is 0. The lowest BCUT2D eigenvalue weighted by Crippen LogP contribution is -2.43. The molecule has 0 radical (unpaired) electrons. The van der Waals surface area contributed by atoms with Crippen LogP contribution in [0.2, 0.25) is 0 Å². The van der Waals surface area contributed by atoms with Gasteiger partial charge >= 0.3 is 0 Å². The Kier molecular flexibility index (Phi) is 3.56. The fourth-order valence-corrected chi connectivity index (χ4v) is 2.16. The van der Waals surface area contributed by atoms with Crippen molar-refractivity contribution in [1.29, 1.82) is 0 Å². The van der Waals surface area contributed by atoms with Gasteiger partial charge in [0.05, 0.1) is 0 Å². The van der Waals surface area contributed by atoms with E-state index in [1.54, 1.807) is 0 Å². The van der Waals surface area contributed by atoms with Gasteiger partial charge in [-0.15, -0.1) is 0 Å². The van der Waals surface area contributed by atoms with E-state index in [-0.39, 0.29) is 0 Å². The summed E-state index contributed by atoms with van der Waals surface area (Å²) in [7, 11) is 4.40. The Morgan fingerprint density at radius 1 is 1.57 bits per heavy atom. The number of rotatable bonds is 3. The monoisotopic (exact) mass is 199 g/mol. The summed E-state index contributed by atoms with van der Waals surface area (Å²) in [5.41, 5.74) is 6.03. The molecule has 1 aliphatic heterocycles. The summed E-state index contributed by atoms with van der Waals surface area (Å²) >= 11 is 0. The molecule has 0 aliphatic carbocycles. The Balaban J connectivity index is 2.57. The zero-order valence-corrected chi connectivity index (χ0v) is 10.2. The van der Waals surface area contributed by atoms with Crippen molar-refractivity contribution in [3.63, 3.8) is 0 Å². The van der Waals surface area contributed by atoms with E-state index in [4.69, 9.17) is 5.73 Å². The number of nitrogens with two attached hydrogens (primary N) is 1. The van der Waals surface area contributed by atoms with Gasteiger partial charge < -0.3 is 5.73 Å². The van der Waals surface area contributed by atoms with Crippen LogP contribution < -0.4 is 5.73 Å². The predicted octanol–water partition coefficient (Wildman–Crippen LogP) is 0.748. The molecule has 1 heterocycles. The Bertz CT molecular complexity index is 191. The van der Waals surface area contributed by atoms with Gasteiger partial charge in [-0.05, 0) is 41.3 Å². The first-order valence-corrected chi connectivity index (χ1v) is 5.51. The van der Waals surface area contributed by atoms with Gasteiger partial charge in [0.2, 0.25) is 0 Å². The number of likely N-dealkylation sites (N-methyl/N-ethyl adjacent to an activating group) is 2. The van der Waals surface area contributed by atoms with Crippen LogP contribution in [-0.4, -0.2) is 54.6 Å². The molecule has 1 rings (SSSR count). The molecule has 0 aromatic heterocycles. The molecule has 0 spiro atoms. The second kappa shape index (κ2) is 4.17. The molecule has 2 N–H and O–H groups in total. The topological polar surface area (TPSA) is 32.5 Å². The van der Waals surface area contributed by atoms with E-state index in [0.29, 0.717) is 17.6 Å². The smallest absolute Gasteiger partial charge is 0.0240 e. The maximum absolute atomic E-state index is 5.69. The molecule has 0 aromatic carbocycles. The highest BCUT2D eigenvalue weighted by Crippen LogP contribution is 2.29. The van der Waals surface area contributed by atoms with Crippen LogP contribution in [0.25, 0.3) is 0 Å². The van der Waals surface area contributed by atoms with E-state index in [2.05, 4.69) is 44.7 Å². The van der Waals surface area contributed by atoms with Gasteiger partial charge in [-0.25, -0.2) is 0 Å². The number of likely N-dealkylation sites (tertiary alicyclic amines) is 1. The zero-order chi connectivity index (χ0) is 10.9. The van der Waals surface area contributed by atoms with Crippen molar-refractivity contribution in [1.82, 2.24) is 9.80 Å². The van der Waals surface area contributed by atoms with E-state index in [9.17, 15) is 0 Å². The van der Waals surface area contributed by atoms with Crippen LogP contribution in [0.1, 0.15) is 27.2 Å². The maximum Gasteiger partial charge on any atom is 0.0240 e. The molecular formula is C11H25N3. The van der Waals surface area contributed by atoms with Crippen molar-refractivity contribution < 1.29 is 0 Å². The highest BCUT2D eigenvalue weighted by Gasteiger charge is 2.38. The summed E-state index contributed by atoms with van der Waals surface area (Å²) in [4.78, 5) is 4.86. The lowest BCUT2D eigenvalue weighted by Gasteiger charge is -2.30. The molecule has 2 atom stereocenters. The fourth-order valence-electron chi connectivity index (χ4n) is 2.16. The van der Waals surface area contributed by atoms with Crippen LogP contribution in [0, 0.1) is 0 Å². The van der Waals surface area contributed by atoms with Crippen LogP contribution in [0.4, 0.5) is 0 Å². The first-order valence-electron chi connectivity index (χ1n) is 5.51. The van der Waals surface area contributed by atoms with E-state index >= 15 is 0 Å². The average molecular weight is 199 g/mol. The normalized spacial score (nSPS) is 29.8. The van der Waals surface area contributed by atoms with Crippen molar-refractivity contribution in [2.24, 2.45) is 5.73 Å². The van der Waals surface area contributed by atoms with E-state index in [1.807, 2.05) is 0 Å². The van der Waals surface area contributed by atoms with Gasteiger partial charge in [0.1, 0.15) is 0 Å². The van der Waals surface area contributed by atoms with E-state index in [1.165, 1.54) is 6.42 Å². The van der Waals surface area contributed by atoms with E-state index < -0.39 is 0 Å². The highest BCUT2D eigenvalue weighted by atomic mass is 15.3. The predicted molar refractivity (Wildman–Crippen MR) is 61.4 cm³/mol. The van der Waals surface area contributed by atoms with Gasteiger partial charge in [-0.3, -0.25) is 9.80 Å². The highest BCUT2D eigenvalue weighted by molar-refractivity contribution is 4.95. The molecule has 84 valence electrons. The van der Waals surface area contributed by atoms with Crippen LogP contribution in [0.5, 0.6) is 0 Å². The average Bonchev–Trinajstić information content (AvgIpc) is 2.39. The Hall–Kier alpha value is -0.120. The van der Waals surface area contributed by atoms with Crippen molar-refractivity contribution in [3.8, 4) is 0 Å². The van der Waals surface area contributed by atoms with Crippen LogP contribution >= 0.6 is 0 Å². The minimum Gasteiger partial charge on any atom is -0.329 e. The second-order valence-electron chi connectivity index (χ2n) is 5.30. The van der Waals surface area contributed by atoms with Gasteiger partial charge in [-0.2, -0.15) is 0 Å².